The Morgan fingerprint density at radius 3 is 2.64 bits per heavy atom. The van der Waals surface area contributed by atoms with Crippen molar-refractivity contribution in [3.05, 3.63) is 0 Å². The number of likely N-dealkylation sites (tertiary alicyclic amines) is 1. The summed E-state index contributed by atoms with van der Waals surface area (Å²) in [6.45, 7) is 4.27. The summed E-state index contributed by atoms with van der Waals surface area (Å²) in [5.74, 6) is 0.861. The Bertz CT molecular complexity index is 182. The van der Waals surface area contributed by atoms with Crippen molar-refractivity contribution in [2.45, 2.75) is 39.0 Å². The van der Waals surface area contributed by atoms with Gasteiger partial charge in [0.2, 0.25) is 5.91 Å². The third kappa shape index (κ3) is 3.66. The number of amides is 1. The van der Waals surface area contributed by atoms with Gasteiger partial charge in [-0.05, 0) is 18.8 Å². The standard InChI is InChI=1S/C11H21NO2/c1-10-8-11(14)12(9-10)6-4-2-3-5-7-13/h10,13H,2-9H2,1H3. The number of hydrogen-bond acceptors (Lipinski definition) is 2. The fourth-order valence-corrected chi connectivity index (χ4v) is 1.95. The molecule has 1 aliphatic heterocycles. The molecule has 0 aromatic rings. The second-order valence-corrected chi connectivity index (χ2v) is 4.29. The summed E-state index contributed by atoms with van der Waals surface area (Å²) in [7, 11) is 0. The van der Waals surface area contributed by atoms with Crippen molar-refractivity contribution >= 4 is 5.91 Å². The van der Waals surface area contributed by atoms with Crippen molar-refractivity contribution in [3.63, 3.8) is 0 Å². The molecule has 82 valence electrons. The van der Waals surface area contributed by atoms with E-state index in [-0.39, 0.29) is 0 Å². The zero-order valence-corrected chi connectivity index (χ0v) is 9.04. The van der Waals surface area contributed by atoms with Gasteiger partial charge in [0.15, 0.2) is 0 Å². The van der Waals surface area contributed by atoms with Gasteiger partial charge in [-0.3, -0.25) is 4.79 Å². The lowest BCUT2D eigenvalue weighted by atomic mass is 10.2. The molecule has 1 atom stereocenters. The van der Waals surface area contributed by atoms with Crippen LogP contribution in [0, 0.1) is 5.92 Å². The largest absolute Gasteiger partial charge is 0.396 e. The molecule has 0 bridgehead atoms. The summed E-state index contributed by atoms with van der Waals surface area (Å²) in [6, 6.07) is 0. The predicted molar refractivity (Wildman–Crippen MR) is 55.9 cm³/mol. The first-order chi connectivity index (χ1) is 6.74. The molecule has 1 aliphatic rings. The molecule has 14 heavy (non-hydrogen) atoms. The maximum absolute atomic E-state index is 11.4. The van der Waals surface area contributed by atoms with Gasteiger partial charge in [-0.1, -0.05) is 19.8 Å². The van der Waals surface area contributed by atoms with Crippen molar-refractivity contribution in [2.75, 3.05) is 19.7 Å². The van der Waals surface area contributed by atoms with Crippen molar-refractivity contribution in [3.8, 4) is 0 Å². The molecule has 0 spiro atoms. The topological polar surface area (TPSA) is 40.5 Å². The summed E-state index contributed by atoms with van der Waals surface area (Å²) in [4.78, 5) is 13.4. The minimum absolute atomic E-state index is 0.291. The van der Waals surface area contributed by atoms with E-state index in [0.29, 0.717) is 18.4 Å². The first-order valence-corrected chi connectivity index (χ1v) is 5.62. The van der Waals surface area contributed by atoms with Gasteiger partial charge in [-0.2, -0.15) is 0 Å². The number of nitrogens with zero attached hydrogens (tertiary/aromatic N) is 1. The second kappa shape index (κ2) is 6.02. The van der Waals surface area contributed by atoms with E-state index in [1.54, 1.807) is 0 Å². The number of aliphatic hydroxyl groups excluding tert-OH is 1. The van der Waals surface area contributed by atoms with Crippen LogP contribution in [-0.2, 0) is 4.79 Å². The fraction of sp³-hybridized carbons (Fsp3) is 0.909. The monoisotopic (exact) mass is 199 g/mol. The van der Waals surface area contributed by atoms with E-state index < -0.39 is 0 Å². The van der Waals surface area contributed by atoms with Gasteiger partial charge >= 0.3 is 0 Å². The minimum atomic E-state index is 0.291. The Hall–Kier alpha value is -0.570. The lowest BCUT2D eigenvalue weighted by Gasteiger charge is -2.15. The summed E-state index contributed by atoms with van der Waals surface area (Å²) in [5.41, 5.74) is 0. The molecule has 0 aromatic heterocycles. The van der Waals surface area contributed by atoms with E-state index in [1.165, 1.54) is 0 Å². The molecule has 1 fully saturated rings. The molecule has 0 radical (unpaired) electrons. The van der Waals surface area contributed by atoms with Crippen LogP contribution in [-0.4, -0.2) is 35.6 Å². The number of hydrogen-bond donors (Lipinski definition) is 1. The van der Waals surface area contributed by atoms with Crippen LogP contribution in [0.25, 0.3) is 0 Å². The van der Waals surface area contributed by atoms with Crippen LogP contribution in [0.3, 0.4) is 0 Å². The lowest BCUT2D eigenvalue weighted by molar-refractivity contribution is -0.127. The molecule has 0 saturated carbocycles. The fourth-order valence-electron chi connectivity index (χ4n) is 1.95. The van der Waals surface area contributed by atoms with Gasteiger partial charge in [0, 0.05) is 26.1 Å². The molecule has 1 rings (SSSR count). The van der Waals surface area contributed by atoms with Crippen molar-refractivity contribution < 1.29 is 9.90 Å². The normalized spacial score (nSPS) is 22.0. The molecule has 1 saturated heterocycles. The number of carbonyl (C=O) groups excluding carboxylic acids is 1. The Labute approximate surface area is 86.1 Å². The Balaban J connectivity index is 2.04. The highest BCUT2D eigenvalue weighted by atomic mass is 16.2. The van der Waals surface area contributed by atoms with Crippen molar-refractivity contribution in [2.24, 2.45) is 5.92 Å². The molecule has 3 heteroatoms. The molecular formula is C11H21NO2. The molecule has 0 aliphatic carbocycles. The highest BCUT2D eigenvalue weighted by Gasteiger charge is 2.25. The van der Waals surface area contributed by atoms with Gasteiger partial charge in [-0.15, -0.1) is 0 Å². The van der Waals surface area contributed by atoms with Crippen LogP contribution < -0.4 is 0 Å². The maximum Gasteiger partial charge on any atom is 0.222 e. The van der Waals surface area contributed by atoms with Crippen LogP contribution in [0.1, 0.15) is 39.0 Å². The zero-order valence-electron chi connectivity index (χ0n) is 9.04. The summed E-state index contributed by atoms with van der Waals surface area (Å²) in [5, 5.41) is 8.59. The first kappa shape index (κ1) is 11.5. The van der Waals surface area contributed by atoms with Gasteiger partial charge < -0.3 is 10.0 Å². The van der Waals surface area contributed by atoms with Crippen LogP contribution >= 0.6 is 0 Å². The van der Waals surface area contributed by atoms with E-state index in [0.717, 1.165) is 45.2 Å². The Morgan fingerprint density at radius 1 is 1.36 bits per heavy atom. The smallest absolute Gasteiger partial charge is 0.222 e. The van der Waals surface area contributed by atoms with Crippen LogP contribution in [0.15, 0.2) is 0 Å². The Morgan fingerprint density at radius 2 is 2.07 bits per heavy atom. The van der Waals surface area contributed by atoms with E-state index in [2.05, 4.69) is 6.92 Å². The second-order valence-electron chi connectivity index (χ2n) is 4.29. The predicted octanol–water partition coefficient (Wildman–Crippen LogP) is 1.41. The van der Waals surface area contributed by atoms with E-state index in [1.807, 2.05) is 4.90 Å². The van der Waals surface area contributed by atoms with E-state index >= 15 is 0 Å². The average molecular weight is 199 g/mol. The number of unbranched alkanes of at least 4 members (excludes halogenated alkanes) is 3. The maximum atomic E-state index is 11.4. The highest BCUT2D eigenvalue weighted by molar-refractivity contribution is 5.78. The van der Waals surface area contributed by atoms with Crippen molar-refractivity contribution in [1.82, 2.24) is 4.90 Å². The third-order valence-electron chi connectivity index (χ3n) is 2.74. The third-order valence-corrected chi connectivity index (χ3v) is 2.74. The van der Waals surface area contributed by atoms with Gasteiger partial charge in [-0.25, -0.2) is 0 Å². The van der Waals surface area contributed by atoms with Crippen LogP contribution in [0.4, 0.5) is 0 Å². The molecule has 1 heterocycles. The highest BCUT2D eigenvalue weighted by Crippen LogP contribution is 2.17. The number of rotatable bonds is 6. The molecule has 1 unspecified atom stereocenters. The molecule has 3 nitrogen and oxygen atoms in total. The summed E-state index contributed by atoms with van der Waals surface area (Å²) >= 11 is 0. The zero-order chi connectivity index (χ0) is 10.4. The minimum Gasteiger partial charge on any atom is -0.396 e. The summed E-state index contributed by atoms with van der Waals surface area (Å²) < 4.78 is 0. The quantitative estimate of drug-likeness (QED) is 0.657. The van der Waals surface area contributed by atoms with Gasteiger partial charge in [0.1, 0.15) is 0 Å². The van der Waals surface area contributed by atoms with Crippen LogP contribution in [0.2, 0.25) is 0 Å². The van der Waals surface area contributed by atoms with Crippen LogP contribution in [0.5, 0.6) is 0 Å². The number of carbonyl (C=O) groups is 1. The molecule has 0 aromatic carbocycles. The van der Waals surface area contributed by atoms with Gasteiger partial charge in [0.25, 0.3) is 0 Å². The van der Waals surface area contributed by atoms with E-state index in [9.17, 15) is 4.79 Å². The Kier molecular flexibility index (Phi) is 4.94. The SMILES string of the molecule is CC1CC(=O)N(CCCCCCO)C1. The molecule has 1 amide bonds. The summed E-state index contributed by atoms with van der Waals surface area (Å²) in [6.07, 6.45) is 4.91. The van der Waals surface area contributed by atoms with Crippen molar-refractivity contribution in [1.29, 1.82) is 0 Å². The molecular weight excluding hydrogens is 178 g/mol. The first-order valence-electron chi connectivity index (χ1n) is 5.62. The number of aliphatic hydroxyl groups is 1. The van der Waals surface area contributed by atoms with Gasteiger partial charge in [0.05, 0.1) is 0 Å². The molecule has 1 N–H and O–H groups in total. The van der Waals surface area contributed by atoms with E-state index in [4.69, 9.17) is 5.11 Å². The average Bonchev–Trinajstić information content (AvgIpc) is 2.45. The lowest BCUT2D eigenvalue weighted by Crippen LogP contribution is -2.26.